The fourth-order valence-electron chi connectivity index (χ4n) is 3.00. The number of carbonyl (C=O) groups excluding carboxylic acids is 1. The van der Waals surface area contributed by atoms with E-state index < -0.39 is 0 Å². The third-order valence-electron chi connectivity index (χ3n) is 4.35. The van der Waals surface area contributed by atoms with Crippen LogP contribution < -0.4 is 10.6 Å². The van der Waals surface area contributed by atoms with Gasteiger partial charge in [0.2, 0.25) is 0 Å². The van der Waals surface area contributed by atoms with Crippen LogP contribution in [0.15, 0.2) is 71.3 Å². The predicted octanol–water partition coefficient (Wildman–Crippen LogP) is 4.12. The molecule has 0 bridgehead atoms. The van der Waals surface area contributed by atoms with Gasteiger partial charge in [0.1, 0.15) is 0 Å². The minimum absolute atomic E-state index is 0.0821. The molecular formula is C21H21Cl2N2O2+. The molecule has 0 saturated carbocycles. The Morgan fingerprint density at radius 1 is 1.11 bits per heavy atom. The second kappa shape index (κ2) is 9.09. The lowest BCUT2D eigenvalue weighted by Crippen LogP contribution is -2.87. The maximum Gasteiger partial charge on any atom is 0.275 e. The van der Waals surface area contributed by atoms with Crippen LogP contribution in [-0.4, -0.2) is 12.5 Å². The highest BCUT2D eigenvalue weighted by Gasteiger charge is 2.22. The molecule has 0 unspecified atom stereocenters. The zero-order valence-electron chi connectivity index (χ0n) is 14.9. The number of hydrogen-bond donors (Lipinski definition) is 2. The van der Waals surface area contributed by atoms with Crippen LogP contribution in [-0.2, 0) is 4.79 Å². The third-order valence-corrected chi connectivity index (χ3v) is 4.92. The molecule has 1 amide bonds. The smallest absolute Gasteiger partial charge is 0.275 e. The van der Waals surface area contributed by atoms with E-state index in [-0.39, 0.29) is 24.5 Å². The van der Waals surface area contributed by atoms with Crippen molar-refractivity contribution in [2.75, 3.05) is 6.54 Å². The predicted molar refractivity (Wildman–Crippen MR) is 107 cm³/mol. The zero-order chi connectivity index (χ0) is 19.2. The molecule has 0 fully saturated rings. The first-order valence-electron chi connectivity index (χ1n) is 8.70. The average Bonchev–Trinajstić information content (AvgIpc) is 3.17. The number of nitrogens with one attached hydrogen (secondary N) is 1. The van der Waals surface area contributed by atoms with Crippen molar-refractivity contribution in [2.24, 2.45) is 0 Å². The van der Waals surface area contributed by atoms with Gasteiger partial charge in [-0.3, -0.25) is 4.79 Å². The molecule has 2 atom stereocenters. The minimum Gasteiger partial charge on any atom is -0.463 e. The number of quaternary nitrogens is 1. The summed E-state index contributed by atoms with van der Waals surface area (Å²) in [5, 5.41) is 6.05. The molecule has 0 aliphatic carbocycles. The van der Waals surface area contributed by atoms with Crippen LogP contribution in [0.4, 0.5) is 0 Å². The number of amides is 1. The molecule has 140 valence electrons. The van der Waals surface area contributed by atoms with Crippen molar-refractivity contribution in [3.8, 4) is 0 Å². The van der Waals surface area contributed by atoms with Crippen molar-refractivity contribution in [2.45, 2.75) is 19.0 Å². The van der Waals surface area contributed by atoms with Crippen LogP contribution in [0.5, 0.6) is 0 Å². The Hall–Kier alpha value is -2.27. The first-order valence-corrected chi connectivity index (χ1v) is 9.46. The Kier molecular flexibility index (Phi) is 6.56. The molecule has 4 nitrogen and oxygen atoms in total. The second-order valence-corrected chi connectivity index (χ2v) is 7.14. The van der Waals surface area contributed by atoms with Gasteiger partial charge >= 0.3 is 0 Å². The second-order valence-electron chi connectivity index (χ2n) is 6.30. The van der Waals surface area contributed by atoms with Crippen molar-refractivity contribution in [3.05, 3.63) is 93.9 Å². The summed E-state index contributed by atoms with van der Waals surface area (Å²) in [4.78, 5) is 12.5. The molecule has 27 heavy (non-hydrogen) atoms. The summed E-state index contributed by atoms with van der Waals surface area (Å²) < 4.78 is 5.57. The number of benzene rings is 2. The van der Waals surface area contributed by atoms with E-state index in [0.29, 0.717) is 10.0 Å². The lowest BCUT2D eigenvalue weighted by Gasteiger charge is -2.17. The molecule has 0 aliphatic rings. The van der Waals surface area contributed by atoms with Crippen LogP contribution in [0.1, 0.15) is 35.9 Å². The number of rotatable bonds is 7. The van der Waals surface area contributed by atoms with E-state index in [1.807, 2.05) is 60.8 Å². The normalized spacial score (nSPS) is 13.1. The molecule has 6 heteroatoms. The number of furan rings is 1. The molecule has 1 heterocycles. The number of carbonyl (C=O) groups is 1. The third kappa shape index (κ3) is 5.13. The summed E-state index contributed by atoms with van der Waals surface area (Å²) in [5.41, 5.74) is 1.91. The van der Waals surface area contributed by atoms with Crippen LogP contribution in [0.3, 0.4) is 0 Å². The Bertz CT molecular complexity index is 882. The SMILES string of the molecule is C[C@@H](NC(=O)C[NH2+][C@H](c1ccccc1)c1ccco1)c1ccc(Cl)cc1Cl. The summed E-state index contributed by atoms with van der Waals surface area (Å²) in [6.07, 6.45) is 1.64. The van der Waals surface area contributed by atoms with E-state index in [4.69, 9.17) is 27.6 Å². The standard InChI is InChI=1S/C21H20Cl2N2O2/c1-14(17-10-9-16(22)12-18(17)23)25-20(26)13-24-21(19-8-5-11-27-19)15-6-3-2-4-7-15/h2-12,14,21,24H,13H2,1H3,(H,25,26)/p+1/t14-,21-/m1/s1. The summed E-state index contributed by atoms with van der Waals surface area (Å²) >= 11 is 12.2. The molecule has 3 N–H and O–H groups in total. The van der Waals surface area contributed by atoms with Crippen molar-refractivity contribution in [1.29, 1.82) is 0 Å². The first-order chi connectivity index (χ1) is 13.0. The first kappa shape index (κ1) is 19.5. The van der Waals surface area contributed by atoms with E-state index in [2.05, 4.69) is 5.32 Å². The van der Waals surface area contributed by atoms with Crippen molar-refractivity contribution < 1.29 is 14.5 Å². The molecule has 0 aliphatic heterocycles. The Balaban J connectivity index is 1.64. The molecule has 0 spiro atoms. The van der Waals surface area contributed by atoms with E-state index in [0.717, 1.165) is 16.9 Å². The lowest BCUT2D eigenvalue weighted by molar-refractivity contribution is -0.678. The molecule has 2 aromatic carbocycles. The highest BCUT2D eigenvalue weighted by Crippen LogP contribution is 2.26. The quantitative estimate of drug-likeness (QED) is 0.623. The molecule has 3 aromatic rings. The van der Waals surface area contributed by atoms with Gasteiger partial charge in [-0.1, -0.05) is 59.6 Å². The fourth-order valence-corrected chi connectivity index (χ4v) is 3.57. The average molecular weight is 404 g/mol. The molecule has 1 aromatic heterocycles. The highest BCUT2D eigenvalue weighted by atomic mass is 35.5. The van der Waals surface area contributed by atoms with Crippen LogP contribution in [0.2, 0.25) is 10.0 Å². The molecule has 3 rings (SSSR count). The van der Waals surface area contributed by atoms with Crippen LogP contribution in [0.25, 0.3) is 0 Å². The number of halogens is 2. The topological polar surface area (TPSA) is 58.9 Å². The minimum atomic E-state index is -0.213. The van der Waals surface area contributed by atoms with Crippen molar-refractivity contribution >= 4 is 29.1 Å². The van der Waals surface area contributed by atoms with E-state index >= 15 is 0 Å². The van der Waals surface area contributed by atoms with E-state index in [1.54, 1.807) is 18.4 Å². The Morgan fingerprint density at radius 2 is 1.89 bits per heavy atom. The van der Waals surface area contributed by atoms with Gasteiger partial charge in [-0.25, -0.2) is 0 Å². The van der Waals surface area contributed by atoms with Gasteiger partial charge in [-0.2, -0.15) is 0 Å². The molecule has 0 radical (unpaired) electrons. The lowest BCUT2D eigenvalue weighted by atomic mass is 10.0. The summed E-state index contributed by atoms with van der Waals surface area (Å²) in [6.45, 7) is 2.16. The maximum atomic E-state index is 12.5. The van der Waals surface area contributed by atoms with Crippen LogP contribution in [0, 0.1) is 0 Å². The van der Waals surface area contributed by atoms with Crippen molar-refractivity contribution in [3.63, 3.8) is 0 Å². The summed E-state index contributed by atoms with van der Waals surface area (Å²) in [7, 11) is 0. The van der Waals surface area contributed by atoms with Gasteiger partial charge in [0, 0.05) is 15.6 Å². The number of hydrogen-bond acceptors (Lipinski definition) is 2. The van der Waals surface area contributed by atoms with E-state index in [1.165, 1.54) is 0 Å². The van der Waals surface area contributed by atoms with Crippen molar-refractivity contribution in [1.82, 2.24) is 5.32 Å². The Labute approximate surface area is 168 Å². The zero-order valence-corrected chi connectivity index (χ0v) is 16.4. The Morgan fingerprint density at radius 3 is 2.56 bits per heavy atom. The van der Waals surface area contributed by atoms with Gasteiger partial charge in [-0.05, 0) is 36.8 Å². The fraction of sp³-hybridized carbons (Fsp3) is 0.190. The summed E-state index contributed by atoms with van der Waals surface area (Å²) in [5.74, 6) is 0.726. The van der Waals surface area contributed by atoms with Gasteiger partial charge in [0.05, 0.1) is 12.3 Å². The van der Waals surface area contributed by atoms with Gasteiger partial charge in [-0.15, -0.1) is 0 Å². The van der Waals surface area contributed by atoms with Gasteiger partial charge in [0.25, 0.3) is 5.91 Å². The van der Waals surface area contributed by atoms with Gasteiger partial charge < -0.3 is 15.1 Å². The number of nitrogens with two attached hydrogens (primary N) is 1. The van der Waals surface area contributed by atoms with Crippen LogP contribution >= 0.6 is 23.2 Å². The molecule has 0 saturated heterocycles. The van der Waals surface area contributed by atoms with Gasteiger partial charge in [0.15, 0.2) is 18.3 Å². The summed E-state index contributed by atoms with van der Waals surface area (Å²) in [6, 6.07) is 18.7. The maximum absolute atomic E-state index is 12.5. The molecular weight excluding hydrogens is 383 g/mol. The monoisotopic (exact) mass is 403 g/mol. The van der Waals surface area contributed by atoms with E-state index in [9.17, 15) is 4.79 Å². The highest BCUT2D eigenvalue weighted by molar-refractivity contribution is 6.35. The largest absolute Gasteiger partial charge is 0.463 e.